The van der Waals surface area contributed by atoms with Crippen LogP contribution in [0.5, 0.6) is 5.75 Å². The second-order valence-corrected chi connectivity index (χ2v) is 11.5. The molecule has 0 aliphatic carbocycles. The minimum Gasteiger partial charge on any atom is -0.493 e. The zero-order valence-corrected chi connectivity index (χ0v) is 24.6. The molecule has 3 aromatic rings. The zero-order chi connectivity index (χ0) is 29.1. The summed E-state index contributed by atoms with van der Waals surface area (Å²) < 4.78 is 16.4. The molecule has 0 saturated heterocycles. The normalized spacial score (nSPS) is 12.2. The van der Waals surface area contributed by atoms with Gasteiger partial charge in [0.2, 0.25) is 17.5 Å². The summed E-state index contributed by atoms with van der Waals surface area (Å²) >= 11 is 12.0. The number of halogens is 2. The Hall–Kier alpha value is -3.14. The summed E-state index contributed by atoms with van der Waals surface area (Å²) in [5.74, 6) is 0.471. The Morgan fingerprint density at radius 2 is 1.77 bits per heavy atom. The predicted octanol–water partition coefficient (Wildman–Crippen LogP) is 6.04. The molecule has 3 N–H and O–H groups in total. The number of aromatic nitrogens is 2. The van der Waals surface area contributed by atoms with Crippen molar-refractivity contribution in [2.24, 2.45) is 11.1 Å². The maximum absolute atomic E-state index is 13.1. The van der Waals surface area contributed by atoms with Crippen molar-refractivity contribution < 1.29 is 23.6 Å². The van der Waals surface area contributed by atoms with Crippen molar-refractivity contribution in [2.75, 3.05) is 19.8 Å². The largest absolute Gasteiger partial charge is 0.493 e. The molecule has 0 spiro atoms. The third-order valence-electron chi connectivity index (χ3n) is 5.80. The van der Waals surface area contributed by atoms with Gasteiger partial charge in [0.25, 0.3) is 0 Å². The van der Waals surface area contributed by atoms with E-state index in [2.05, 4.69) is 15.5 Å². The van der Waals surface area contributed by atoms with Gasteiger partial charge in [0.15, 0.2) is 0 Å². The summed E-state index contributed by atoms with van der Waals surface area (Å²) in [5.41, 5.74) is 7.33. The number of unbranched alkanes of at least 4 members (excludes halogenated alkanes) is 1. The molecule has 1 atom stereocenters. The number of benzene rings is 2. The summed E-state index contributed by atoms with van der Waals surface area (Å²) in [4.78, 5) is 29.7. The highest BCUT2D eigenvalue weighted by molar-refractivity contribution is 6.42. The maximum atomic E-state index is 13.1. The van der Waals surface area contributed by atoms with E-state index in [-0.39, 0.29) is 23.7 Å². The highest BCUT2D eigenvalue weighted by Crippen LogP contribution is 2.23. The molecule has 3 rings (SSSR count). The molecule has 2 aromatic carbocycles. The lowest BCUT2D eigenvalue weighted by Gasteiger charge is -2.20. The summed E-state index contributed by atoms with van der Waals surface area (Å²) in [6.07, 6.45) is 2.12. The molecular weight excluding hydrogens is 555 g/mol. The van der Waals surface area contributed by atoms with E-state index in [9.17, 15) is 9.59 Å². The van der Waals surface area contributed by atoms with Crippen molar-refractivity contribution in [3.63, 3.8) is 0 Å². The Labute approximate surface area is 244 Å². The number of alkyl carbamates (subject to hydrolysis) is 1. The molecule has 11 heteroatoms. The molecular formula is C29H36Cl2N4O5. The van der Waals surface area contributed by atoms with Gasteiger partial charge in [0, 0.05) is 6.42 Å². The smallest absolute Gasteiger partial charge is 0.407 e. The van der Waals surface area contributed by atoms with E-state index < -0.39 is 17.9 Å². The Kier molecular flexibility index (Phi) is 11.8. The quantitative estimate of drug-likeness (QED) is 0.171. The molecule has 9 nitrogen and oxygen atoms in total. The number of nitrogens with two attached hydrogens (primary N) is 1. The average molecular weight is 592 g/mol. The Morgan fingerprint density at radius 1 is 1.05 bits per heavy atom. The Morgan fingerprint density at radius 3 is 2.45 bits per heavy atom. The van der Waals surface area contributed by atoms with Gasteiger partial charge in [-0.3, -0.25) is 4.79 Å². The molecule has 1 heterocycles. The first kappa shape index (κ1) is 31.4. The maximum Gasteiger partial charge on any atom is 0.407 e. The summed E-state index contributed by atoms with van der Waals surface area (Å²) in [6, 6.07) is 12.2. The molecule has 0 radical (unpaired) electrons. The lowest BCUT2D eigenvalue weighted by atomic mass is 9.99. The number of carbonyl (C=O) groups is 2. The van der Waals surface area contributed by atoms with Gasteiger partial charge in [-0.1, -0.05) is 67.3 Å². The minimum atomic E-state index is -0.843. The van der Waals surface area contributed by atoms with E-state index in [4.69, 9.17) is 42.9 Å². The van der Waals surface area contributed by atoms with Crippen molar-refractivity contribution in [3.05, 3.63) is 75.4 Å². The van der Waals surface area contributed by atoms with Crippen molar-refractivity contribution in [2.45, 2.75) is 58.9 Å². The van der Waals surface area contributed by atoms with Crippen LogP contribution in [-0.2, 0) is 17.6 Å². The Bertz CT molecular complexity index is 1260. The zero-order valence-electron chi connectivity index (χ0n) is 23.0. The third kappa shape index (κ3) is 10.4. The third-order valence-corrected chi connectivity index (χ3v) is 6.54. The number of nitrogens with zero attached hydrogens (tertiary/aromatic N) is 2. The first-order chi connectivity index (χ1) is 19.0. The highest BCUT2D eigenvalue weighted by atomic mass is 35.5. The Balaban J connectivity index is 1.54. The van der Waals surface area contributed by atoms with Crippen LogP contribution >= 0.6 is 23.2 Å². The van der Waals surface area contributed by atoms with Crippen LogP contribution in [0, 0.1) is 5.41 Å². The molecule has 1 aromatic heterocycles. The molecule has 1 amide bonds. The average Bonchev–Trinajstić information content (AvgIpc) is 3.38. The van der Waals surface area contributed by atoms with Gasteiger partial charge in [0.1, 0.15) is 5.75 Å². The lowest BCUT2D eigenvalue weighted by Crippen LogP contribution is -2.42. The molecule has 0 aliphatic rings. The van der Waals surface area contributed by atoms with Crippen LogP contribution in [0.1, 0.15) is 67.7 Å². The van der Waals surface area contributed by atoms with Gasteiger partial charge in [-0.25, -0.2) is 4.79 Å². The van der Waals surface area contributed by atoms with Gasteiger partial charge in [-0.15, -0.1) is 0 Å². The topological polar surface area (TPSA) is 130 Å². The van der Waals surface area contributed by atoms with Crippen LogP contribution in [0.15, 0.2) is 47.0 Å². The van der Waals surface area contributed by atoms with Crippen LogP contribution < -0.4 is 15.8 Å². The summed E-state index contributed by atoms with van der Waals surface area (Å²) in [6.45, 7) is 7.04. The number of carbonyl (C=O) groups excluding carboxylic acids is 2. The SMILES string of the molecule is CC(C)(C)COC(=O)N[C@@H](CCCCN)C(=O)c1noc(Cc2ccc(OCCc3ccc(Cl)c(Cl)c3)cc2)n1. The van der Waals surface area contributed by atoms with Crippen LogP contribution in [0.25, 0.3) is 0 Å². The fourth-order valence-corrected chi connectivity index (χ4v) is 3.99. The van der Waals surface area contributed by atoms with Gasteiger partial charge in [-0.2, -0.15) is 4.98 Å². The van der Waals surface area contributed by atoms with E-state index in [1.807, 2.05) is 57.2 Å². The van der Waals surface area contributed by atoms with E-state index in [1.54, 1.807) is 6.07 Å². The second kappa shape index (κ2) is 15.0. The highest BCUT2D eigenvalue weighted by Gasteiger charge is 2.27. The fraction of sp³-hybridized carbons (Fsp3) is 0.448. The number of ether oxygens (including phenoxy) is 2. The number of Topliss-reactive ketones (excluding diaryl/α,β-unsaturated/α-hetero) is 1. The van der Waals surface area contributed by atoms with Gasteiger partial charge >= 0.3 is 6.09 Å². The monoisotopic (exact) mass is 590 g/mol. The van der Waals surface area contributed by atoms with Crippen molar-refractivity contribution in [1.29, 1.82) is 0 Å². The number of hydrogen-bond acceptors (Lipinski definition) is 8. The standard InChI is InChI=1S/C29H36Cl2N4O5/c1-29(2,3)18-39-28(37)33-24(6-4-5-14-32)26(36)27-34-25(40-35-27)17-19-7-10-21(11-8-19)38-15-13-20-9-12-22(30)23(31)16-20/h7-12,16,24H,4-6,13-15,17-18,32H2,1-3H3,(H,33,37)/t24-/m0/s1. The minimum absolute atomic E-state index is 0.0915. The van der Waals surface area contributed by atoms with Crippen molar-refractivity contribution in [1.82, 2.24) is 15.5 Å². The molecule has 0 aliphatic heterocycles. The van der Waals surface area contributed by atoms with Crippen molar-refractivity contribution >= 4 is 35.1 Å². The number of nitrogens with one attached hydrogen (secondary N) is 1. The molecule has 0 unspecified atom stereocenters. The van der Waals surface area contributed by atoms with Crippen LogP contribution in [0.3, 0.4) is 0 Å². The molecule has 40 heavy (non-hydrogen) atoms. The van der Waals surface area contributed by atoms with E-state index >= 15 is 0 Å². The fourth-order valence-electron chi connectivity index (χ4n) is 3.67. The van der Waals surface area contributed by atoms with Gasteiger partial charge in [-0.05, 0) is 66.6 Å². The number of amides is 1. The van der Waals surface area contributed by atoms with Crippen LogP contribution in [0.2, 0.25) is 10.0 Å². The number of ketones is 1. The van der Waals surface area contributed by atoms with Gasteiger partial charge in [0.05, 0.1) is 35.7 Å². The number of rotatable bonds is 14. The van der Waals surface area contributed by atoms with Crippen LogP contribution in [-0.4, -0.2) is 47.8 Å². The summed E-state index contributed by atoms with van der Waals surface area (Å²) in [7, 11) is 0. The first-order valence-corrected chi connectivity index (χ1v) is 14.0. The molecule has 0 bridgehead atoms. The van der Waals surface area contributed by atoms with Gasteiger partial charge < -0.3 is 25.0 Å². The molecule has 0 fully saturated rings. The van der Waals surface area contributed by atoms with Crippen LogP contribution in [0.4, 0.5) is 4.79 Å². The predicted molar refractivity (Wildman–Crippen MR) is 154 cm³/mol. The molecule has 0 saturated carbocycles. The second-order valence-electron chi connectivity index (χ2n) is 10.7. The van der Waals surface area contributed by atoms with Crippen molar-refractivity contribution in [3.8, 4) is 5.75 Å². The number of hydrogen-bond donors (Lipinski definition) is 2. The summed E-state index contributed by atoms with van der Waals surface area (Å²) in [5, 5.41) is 7.55. The lowest BCUT2D eigenvalue weighted by molar-refractivity contribution is 0.0856. The molecule has 216 valence electrons. The first-order valence-electron chi connectivity index (χ1n) is 13.2. The van der Waals surface area contributed by atoms with E-state index in [1.165, 1.54) is 0 Å². The van der Waals surface area contributed by atoms with E-state index in [0.29, 0.717) is 48.9 Å². The van der Waals surface area contributed by atoms with E-state index in [0.717, 1.165) is 23.3 Å².